The number of benzene rings is 8. The molecule has 4 heterocycles. The number of pyridine rings is 2. The van der Waals surface area contributed by atoms with Gasteiger partial charge in [-0.25, -0.2) is 22.0 Å². The molecule has 0 spiro atoms. The topological polar surface area (TPSA) is 35.6 Å². The highest BCUT2D eigenvalue weighted by Gasteiger charge is 2.31. The van der Waals surface area contributed by atoms with Crippen molar-refractivity contribution >= 4 is 43.6 Å². The van der Waals surface area contributed by atoms with Crippen molar-refractivity contribution in [3.8, 4) is 67.3 Å². The molecule has 0 bridgehead atoms. The average molecular weight is 895 g/mol. The number of hydrogen-bond donors (Lipinski definition) is 0. The molecule has 0 aliphatic rings. The number of para-hydroxylation sites is 2. The van der Waals surface area contributed by atoms with Gasteiger partial charge in [-0.1, -0.05) is 109 Å². The lowest BCUT2D eigenvalue weighted by atomic mass is 9.96. The molecule has 0 saturated heterocycles. The normalized spacial score (nSPS) is 11.7. The van der Waals surface area contributed by atoms with E-state index in [-0.39, 0.29) is 11.3 Å². The van der Waals surface area contributed by atoms with Crippen LogP contribution in [0.3, 0.4) is 0 Å². The summed E-state index contributed by atoms with van der Waals surface area (Å²) >= 11 is 0. The first-order chi connectivity index (χ1) is 33.2. The second-order valence-electron chi connectivity index (χ2n) is 16.8. The molecule has 0 aliphatic heterocycles. The molecule has 12 rings (SSSR count). The SMILES string of the molecule is Cc1c(-n2c3ccccc3c3cc(-c4ccnc(-c5ccccc5)c4)ccc32)ccc(-c2c(F)c(F)c(F)c(F)c2F)c1-n1c2ccccc2c2cc(-c3ccnc(-c4ccccc4)c3)ccc21. The van der Waals surface area contributed by atoms with Crippen molar-refractivity contribution < 1.29 is 22.0 Å². The Labute approximate surface area is 386 Å². The Morgan fingerprint density at radius 2 is 0.779 bits per heavy atom. The van der Waals surface area contributed by atoms with Gasteiger partial charge >= 0.3 is 0 Å². The fourth-order valence-corrected chi connectivity index (χ4v) is 9.82. The second-order valence-corrected chi connectivity index (χ2v) is 16.8. The summed E-state index contributed by atoms with van der Waals surface area (Å²) < 4.78 is 81.6. The van der Waals surface area contributed by atoms with Crippen molar-refractivity contribution in [2.45, 2.75) is 6.92 Å². The quantitative estimate of drug-likeness (QED) is 0.0908. The van der Waals surface area contributed by atoms with Crippen molar-refractivity contribution in [3.63, 3.8) is 0 Å². The van der Waals surface area contributed by atoms with Crippen LogP contribution in [-0.4, -0.2) is 19.1 Å². The van der Waals surface area contributed by atoms with Gasteiger partial charge in [0.1, 0.15) is 0 Å². The van der Waals surface area contributed by atoms with Crippen molar-refractivity contribution in [2.75, 3.05) is 0 Å². The number of aromatic nitrogens is 4. The molecule has 4 nitrogen and oxygen atoms in total. The Kier molecular flexibility index (Phi) is 9.62. The van der Waals surface area contributed by atoms with Crippen LogP contribution in [0.2, 0.25) is 0 Å². The Bertz CT molecular complexity index is 3960. The van der Waals surface area contributed by atoms with Gasteiger partial charge in [-0.2, -0.15) is 0 Å². The van der Waals surface area contributed by atoms with Crippen molar-refractivity contribution in [1.82, 2.24) is 19.1 Å². The maximum Gasteiger partial charge on any atom is 0.200 e. The van der Waals surface area contributed by atoms with Crippen molar-refractivity contribution in [3.05, 3.63) is 229 Å². The third-order valence-electron chi connectivity index (χ3n) is 13.0. The van der Waals surface area contributed by atoms with E-state index < -0.39 is 34.6 Å². The summed E-state index contributed by atoms with van der Waals surface area (Å²) in [5, 5.41) is 3.56. The minimum absolute atomic E-state index is 0.164. The van der Waals surface area contributed by atoms with Crippen LogP contribution in [0.5, 0.6) is 0 Å². The van der Waals surface area contributed by atoms with Gasteiger partial charge in [0.2, 0.25) is 5.82 Å². The average Bonchev–Trinajstić information content (AvgIpc) is 3.90. The van der Waals surface area contributed by atoms with Gasteiger partial charge in [0.05, 0.1) is 50.4 Å². The fraction of sp³-hybridized carbons (Fsp3) is 0.0169. The lowest BCUT2D eigenvalue weighted by Gasteiger charge is -2.22. The maximum absolute atomic E-state index is 16.2. The molecule has 4 aromatic heterocycles. The zero-order valence-electron chi connectivity index (χ0n) is 36.2. The van der Waals surface area contributed by atoms with E-state index in [0.29, 0.717) is 22.3 Å². The molecule has 12 aromatic rings. The molecule has 0 saturated carbocycles. The minimum Gasteiger partial charge on any atom is -0.309 e. The molecular formula is C59H35F5N4. The van der Waals surface area contributed by atoms with E-state index in [0.717, 1.165) is 77.3 Å². The Hall–Kier alpha value is -8.69. The molecule has 0 atom stereocenters. The fourth-order valence-electron chi connectivity index (χ4n) is 9.82. The monoisotopic (exact) mass is 894 g/mol. The molecule has 0 radical (unpaired) electrons. The molecular weight excluding hydrogens is 860 g/mol. The van der Waals surface area contributed by atoms with Crippen LogP contribution < -0.4 is 0 Å². The van der Waals surface area contributed by atoms with Crippen LogP contribution in [0.1, 0.15) is 5.56 Å². The summed E-state index contributed by atoms with van der Waals surface area (Å²) in [4.78, 5) is 9.26. The number of fused-ring (bicyclic) bond motifs is 6. The third kappa shape index (κ3) is 6.41. The van der Waals surface area contributed by atoms with E-state index in [4.69, 9.17) is 0 Å². The van der Waals surface area contributed by atoms with E-state index in [1.807, 2.05) is 145 Å². The Morgan fingerprint density at radius 3 is 1.31 bits per heavy atom. The van der Waals surface area contributed by atoms with Crippen molar-refractivity contribution in [1.29, 1.82) is 0 Å². The van der Waals surface area contributed by atoms with Gasteiger partial charge in [-0.3, -0.25) is 9.97 Å². The summed E-state index contributed by atoms with van der Waals surface area (Å²) in [6, 6.07) is 58.9. The number of rotatable bonds is 7. The second kappa shape index (κ2) is 16.0. The Morgan fingerprint density at radius 1 is 0.353 bits per heavy atom. The van der Waals surface area contributed by atoms with Crippen LogP contribution in [0.15, 0.2) is 194 Å². The van der Waals surface area contributed by atoms with Crippen LogP contribution in [0.25, 0.3) is 111 Å². The van der Waals surface area contributed by atoms with E-state index in [1.54, 1.807) is 18.5 Å². The summed E-state index contributed by atoms with van der Waals surface area (Å²) in [5.41, 5.74) is 10.7. The highest BCUT2D eigenvalue weighted by Crippen LogP contribution is 2.45. The molecule has 0 N–H and O–H groups in total. The molecule has 0 fully saturated rings. The van der Waals surface area contributed by atoms with Gasteiger partial charge in [0.15, 0.2) is 23.3 Å². The molecule has 0 amide bonds. The van der Waals surface area contributed by atoms with Crippen LogP contribution in [-0.2, 0) is 0 Å². The van der Waals surface area contributed by atoms with Crippen molar-refractivity contribution in [2.24, 2.45) is 0 Å². The van der Waals surface area contributed by atoms with Crippen LogP contribution in [0, 0.1) is 36.0 Å². The predicted molar refractivity (Wildman–Crippen MR) is 262 cm³/mol. The minimum atomic E-state index is -2.22. The zero-order valence-corrected chi connectivity index (χ0v) is 36.2. The van der Waals surface area contributed by atoms with Crippen LogP contribution in [0.4, 0.5) is 22.0 Å². The first-order valence-electron chi connectivity index (χ1n) is 22.0. The molecule has 9 heteroatoms. The molecule has 68 heavy (non-hydrogen) atoms. The molecule has 8 aromatic carbocycles. The summed E-state index contributed by atoms with van der Waals surface area (Å²) in [5.74, 6) is -10.1. The first kappa shape index (κ1) is 40.8. The number of hydrogen-bond acceptors (Lipinski definition) is 2. The third-order valence-corrected chi connectivity index (χ3v) is 13.0. The zero-order chi connectivity index (χ0) is 46.2. The first-order valence-corrected chi connectivity index (χ1v) is 22.0. The maximum atomic E-state index is 16.2. The number of halogens is 5. The summed E-state index contributed by atoms with van der Waals surface area (Å²) in [6.45, 7) is 1.83. The van der Waals surface area contributed by atoms with Gasteiger partial charge in [0.25, 0.3) is 0 Å². The predicted octanol–water partition coefficient (Wildman–Crippen LogP) is 16.0. The molecule has 0 unspecified atom stereocenters. The lowest BCUT2D eigenvalue weighted by molar-refractivity contribution is 0.381. The number of nitrogens with zero attached hydrogens (tertiary/aromatic N) is 4. The highest BCUT2D eigenvalue weighted by atomic mass is 19.2. The van der Waals surface area contributed by atoms with E-state index in [1.165, 1.54) is 6.07 Å². The summed E-state index contributed by atoms with van der Waals surface area (Å²) in [7, 11) is 0. The van der Waals surface area contributed by atoms with Crippen LogP contribution >= 0.6 is 0 Å². The van der Waals surface area contributed by atoms with Gasteiger partial charge in [0, 0.05) is 50.6 Å². The van der Waals surface area contributed by atoms with Gasteiger partial charge < -0.3 is 9.13 Å². The lowest BCUT2D eigenvalue weighted by Crippen LogP contribution is -2.09. The smallest absolute Gasteiger partial charge is 0.200 e. The largest absolute Gasteiger partial charge is 0.309 e. The summed E-state index contributed by atoms with van der Waals surface area (Å²) in [6.07, 6.45) is 3.57. The Balaban J connectivity index is 1.11. The van der Waals surface area contributed by atoms with Gasteiger partial charge in [-0.05, 0) is 108 Å². The van der Waals surface area contributed by atoms with E-state index in [9.17, 15) is 4.39 Å². The molecule has 0 aliphatic carbocycles. The van der Waals surface area contributed by atoms with E-state index >= 15 is 17.6 Å². The highest BCUT2D eigenvalue weighted by molar-refractivity contribution is 6.13. The molecule has 326 valence electrons. The van der Waals surface area contributed by atoms with E-state index in [2.05, 4.69) is 50.9 Å². The standard InChI is InChI=1S/C59H35F5N4/c1-34-48(67-49-18-10-8-16-41(49)44-30-37(20-23-51(44)67)39-26-28-65-46(32-39)35-12-4-2-5-13-35)25-22-43(53-54(60)56(62)58(64)57(63)55(53)61)59(34)68-50-19-11-9-17-42(50)45-31-38(21-24-52(45)68)40-27-29-66-47(33-40)36-14-6-3-7-15-36/h2-33H,1H3. The van der Waals surface area contributed by atoms with Gasteiger partial charge in [-0.15, -0.1) is 0 Å².